The van der Waals surface area contributed by atoms with Gasteiger partial charge in [0.25, 0.3) is 15.9 Å². The van der Waals surface area contributed by atoms with Crippen LogP contribution in [-0.2, 0) is 16.6 Å². The number of aryl methyl sites for hydroxylation is 2. The van der Waals surface area contributed by atoms with Gasteiger partial charge in [0, 0.05) is 36.9 Å². The molecule has 0 atom stereocenters. The zero-order valence-corrected chi connectivity index (χ0v) is 20.4. The second-order valence-electron chi connectivity index (χ2n) is 8.94. The minimum Gasteiger partial charge on any atom is -0.349 e. The van der Waals surface area contributed by atoms with Crippen LogP contribution in [0.25, 0.3) is 0 Å². The van der Waals surface area contributed by atoms with E-state index in [9.17, 15) is 13.2 Å². The molecule has 34 heavy (non-hydrogen) atoms. The smallest absolute Gasteiger partial charge is 0.261 e. The predicted octanol–water partition coefficient (Wildman–Crippen LogP) is 4.50. The average Bonchev–Trinajstić information content (AvgIpc) is 2.83. The largest absolute Gasteiger partial charge is 0.349 e. The average molecular weight is 478 g/mol. The van der Waals surface area contributed by atoms with Gasteiger partial charge in [0.2, 0.25) is 0 Å². The number of anilines is 1. The number of amides is 1. The number of nitrogens with zero attached hydrogens (tertiary/aromatic N) is 1. The number of benzene rings is 3. The molecule has 7 heteroatoms. The third-order valence-corrected chi connectivity index (χ3v) is 7.74. The summed E-state index contributed by atoms with van der Waals surface area (Å²) < 4.78 is 28.0. The number of carbonyl (C=O) groups is 1. The fraction of sp³-hybridized carbons (Fsp3) is 0.296. The minimum atomic E-state index is -3.69. The highest BCUT2D eigenvalue weighted by Gasteiger charge is 2.21. The molecule has 2 N–H and O–H groups in total. The first-order chi connectivity index (χ1) is 16.3. The van der Waals surface area contributed by atoms with Gasteiger partial charge in [-0.15, -0.1) is 0 Å². The molecular formula is C27H31N3O3S. The van der Waals surface area contributed by atoms with Crippen molar-refractivity contribution in [2.24, 2.45) is 0 Å². The maximum absolute atomic E-state index is 12.7. The lowest BCUT2D eigenvalue weighted by molar-refractivity contribution is 0.0909. The van der Waals surface area contributed by atoms with Crippen LogP contribution in [0.2, 0.25) is 0 Å². The van der Waals surface area contributed by atoms with E-state index in [4.69, 9.17) is 0 Å². The molecule has 3 aromatic carbocycles. The number of likely N-dealkylation sites (tertiary alicyclic amines) is 1. The lowest BCUT2D eigenvalue weighted by atomic mass is 10.0. The third kappa shape index (κ3) is 6.04. The maximum Gasteiger partial charge on any atom is 0.261 e. The van der Waals surface area contributed by atoms with E-state index >= 15 is 0 Å². The van der Waals surface area contributed by atoms with Gasteiger partial charge in [-0.25, -0.2) is 8.42 Å². The Morgan fingerprint density at radius 1 is 0.912 bits per heavy atom. The Hall–Kier alpha value is -3.16. The monoisotopic (exact) mass is 477 g/mol. The molecule has 3 aromatic rings. The Morgan fingerprint density at radius 2 is 1.59 bits per heavy atom. The van der Waals surface area contributed by atoms with Crippen molar-refractivity contribution in [3.63, 3.8) is 0 Å². The van der Waals surface area contributed by atoms with Gasteiger partial charge in [0.15, 0.2) is 0 Å². The fourth-order valence-electron chi connectivity index (χ4n) is 4.13. The standard InChI is InChI=1S/C27H31N3O3S/c1-20-8-13-26(18-21(20)2)34(32,33)29-25-11-9-23(10-12-25)27(31)28-24-14-16-30(17-15-24)19-22-6-4-3-5-7-22/h3-13,18,24,29H,14-17,19H2,1-2H3,(H,28,31). The van der Waals surface area contributed by atoms with E-state index in [0.717, 1.165) is 43.6 Å². The Kier molecular flexibility index (Phi) is 7.34. The first-order valence-corrected chi connectivity index (χ1v) is 13.1. The van der Waals surface area contributed by atoms with E-state index < -0.39 is 10.0 Å². The quantitative estimate of drug-likeness (QED) is 0.525. The summed E-state index contributed by atoms with van der Waals surface area (Å²) in [7, 11) is -3.69. The SMILES string of the molecule is Cc1ccc(S(=O)(=O)Nc2ccc(C(=O)NC3CCN(Cc4ccccc4)CC3)cc2)cc1C. The molecule has 1 aliphatic heterocycles. The predicted molar refractivity (Wildman–Crippen MR) is 135 cm³/mol. The van der Waals surface area contributed by atoms with Gasteiger partial charge >= 0.3 is 0 Å². The Morgan fingerprint density at radius 3 is 2.24 bits per heavy atom. The Labute approximate surface area is 202 Å². The van der Waals surface area contributed by atoms with Gasteiger partial charge in [0.1, 0.15) is 0 Å². The molecule has 0 radical (unpaired) electrons. The summed E-state index contributed by atoms with van der Waals surface area (Å²) in [6.45, 7) is 6.64. The molecule has 1 amide bonds. The topological polar surface area (TPSA) is 78.5 Å². The van der Waals surface area contributed by atoms with Gasteiger partial charge in [-0.05, 0) is 79.8 Å². The molecule has 1 aliphatic rings. The summed E-state index contributed by atoms with van der Waals surface area (Å²) in [6, 6.07) is 22.1. The molecular weight excluding hydrogens is 446 g/mol. The lowest BCUT2D eigenvalue weighted by Gasteiger charge is -2.32. The zero-order valence-electron chi connectivity index (χ0n) is 19.6. The van der Waals surface area contributed by atoms with Crippen molar-refractivity contribution < 1.29 is 13.2 Å². The highest BCUT2D eigenvalue weighted by molar-refractivity contribution is 7.92. The summed E-state index contributed by atoms with van der Waals surface area (Å²) in [5, 5.41) is 3.12. The van der Waals surface area contributed by atoms with Crippen LogP contribution in [0.4, 0.5) is 5.69 Å². The zero-order chi connectivity index (χ0) is 24.1. The van der Waals surface area contributed by atoms with E-state index in [0.29, 0.717) is 11.3 Å². The lowest BCUT2D eigenvalue weighted by Crippen LogP contribution is -2.44. The van der Waals surface area contributed by atoms with Crippen LogP contribution < -0.4 is 10.0 Å². The summed E-state index contributed by atoms with van der Waals surface area (Å²) in [5.74, 6) is -0.134. The van der Waals surface area contributed by atoms with Crippen LogP contribution in [-0.4, -0.2) is 38.4 Å². The third-order valence-electron chi connectivity index (χ3n) is 6.36. The van der Waals surface area contributed by atoms with Gasteiger partial charge < -0.3 is 5.32 Å². The number of rotatable bonds is 7. The summed E-state index contributed by atoms with van der Waals surface area (Å²) in [4.78, 5) is 15.3. The molecule has 178 valence electrons. The molecule has 4 rings (SSSR count). The molecule has 0 bridgehead atoms. The van der Waals surface area contributed by atoms with Crippen molar-refractivity contribution in [2.45, 2.75) is 44.2 Å². The molecule has 1 fully saturated rings. The van der Waals surface area contributed by atoms with E-state index in [1.54, 1.807) is 42.5 Å². The van der Waals surface area contributed by atoms with Gasteiger partial charge in [-0.2, -0.15) is 0 Å². The van der Waals surface area contributed by atoms with E-state index in [-0.39, 0.29) is 16.8 Å². The molecule has 6 nitrogen and oxygen atoms in total. The Balaban J connectivity index is 1.30. The maximum atomic E-state index is 12.7. The summed E-state index contributed by atoms with van der Waals surface area (Å²) >= 11 is 0. The molecule has 0 aromatic heterocycles. The van der Waals surface area contributed by atoms with Crippen LogP contribution in [0, 0.1) is 13.8 Å². The van der Waals surface area contributed by atoms with Crippen LogP contribution in [0.1, 0.15) is 39.9 Å². The second kappa shape index (κ2) is 10.4. The number of piperidine rings is 1. The van der Waals surface area contributed by atoms with E-state index in [1.165, 1.54) is 5.56 Å². The molecule has 0 aliphatic carbocycles. The number of hydrogen-bond donors (Lipinski definition) is 2. The van der Waals surface area contributed by atoms with Crippen LogP contribution in [0.15, 0.2) is 77.7 Å². The number of nitrogens with one attached hydrogen (secondary N) is 2. The van der Waals surface area contributed by atoms with Crippen LogP contribution in [0.5, 0.6) is 0 Å². The second-order valence-corrected chi connectivity index (χ2v) is 10.6. The number of sulfonamides is 1. The van der Waals surface area contributed by atoms with Crippen molar-refractivity contribution >= 4 is 21.6 Å². The molecule has 0 spiro atoms. The summed E-state index contributed by atoms with van der Waals surface area (Å²) in [5.41, 5.74) is 4.19. The molecule has 1 heterocycles. The van der Waals surface area contributed by atoms with Crippen molar-refractivity contribution in [2.75, 3.05) is 17.8 Å². The fourth-order valence-corrected chi connectivity index (χ4v) is 5.27. The molecule has 1 saturated heterocycles. The van der Waals surface area contributed by atoms with E-state index in [1.807, 2.05) is 19.9 Å². The Bertz CT molecular complexity index is 1230. The summed E-state index contributed by atoms with van der Waals surface area (Å²) in [6.07, 6.45) is 1.82. The van der Waals surface area contributed by atoms with Gasteiger partial charge in [-0.1, -0.05) is 36.4 Å². The van der Waals surface area contributed by atoms with Crippen molar-refractivity contribution in [1.29, 1.82) is 0 Å². The normalized spacial score (nSPS) is 15.1. The van der Waals surface area contributed by atoms with Gasteiger partial charge in [0.05, 0.1) is 4.90 Å². The minimum absolute atomic E-state index is 0.134. The highest BCUT2D eigenvalue weighted by Crippen LogP contribution is 2.20. The van der Waals surface area contributed by atoms with Crippen LogP contribution >= 0.6 is 0 Å². The molecule has 0 unspecified atom stereocenters. The molecule has 0 saturated carbocycles. The van der Waals surface area contributed by atoms with Crippen molar-refractivity contribution in [3.8, 4) is 0 Å². The van der Waals surface area contributed by atoms with Crippen molar-refractivity contribution in [3.05, 3.63) is 95.1 Å². The van der Waals surface area contributed by atoms with Gasteiger partial charge in [-0.3, -0.25) is 14.4 Å². The number of carbonyl (C=O) groups excluding carboxylic acids is 1. The highest BCUT2D eigenvalue weighted by atomic mass is 32.2. The number of hydrogen-bond acceptors (Lipinski definition) is 4. The van der Waals surface area contributed by atoms with E-state index in [2.05, 4.69) is 39.2 Å². The first-order valence-electron chi connectivity index (χ1n) is 11.6. The first kappa shape index (κ1) is 24.0. The van der Waals surface area contributed by atoms with Crippen LogP contribution in [0.3, 0.4) is 0 Å². The van der Waals surface area contributed by atoms with Crippen molar-refractivity contribution in [1.82, 2.24) is 10.2 Å².